The van der Waals surface area contributed by atoms with Crippen molar-refractivity contribution in [1.29, 1.82) is 0 Å². The van der Waals surface area contributed by atoms with Gasteiger partial charge in [0.1, 0.15) is 0 Å². The Bertz CT molecular complexity index is 824. The van der Waals surface area contributed by atoms with Gasteiger partial charge < -0.3 is 24.3 Å². The van der Waals surface area contributed by atoms with E-state index in [-0.39, 0.29) is 12.5 Å². The maximum absolute atomic E-state index is 12.3. The van der Waals surface area contributed by atoms with Gasteiger partial charge in [-0.15, -0.1) is 23.5 Å². The molecule has 0 atom stereocenters. The molecule has 1 aliphatic heterocycles. The van der Waals surface area contributed by atoms with Crippen LogP contribution in [0.15, 0.2) is 36.4 Å². The van der Waals surface area contributed by atoms with Crippen molar-refractivity contribution in [2.24, 2.45) is 0 Å². The van der Waals surface area contributed by atoms with E-state index in [9.17, 15) is 4.79 Å². The van der Waals surface area contributed by atoms with Crippen molar-refractivity contribution in [3.8, 4) is 23.0 Å². The molecule has 1 amide bonds. The van der Waals surface area contributed by atoms with Crippen LogP contribution in [0.3, 0.4) is 0 Å². The van der Waals surface area contributed by atoms with Crippen molar-refractivity contribution in [3.05, 3.63) is 42.0 Å². The molecule has 0 saturated carbocycles. The molecule has 1 saturated heterocycles. The van der Waals surface area contributed by atoms with Crippen LogP contribution in [0.5, 0.6) is 23.0 Å². The first kappa shape index (κ1) is 20.5. The van der Waals surface area contributed by atoms with Crippen molar-refractivity contribution >= 4 is 35.1 Å². The van der Waals surface area contributed by atoms with Gasteiger partial charge in [-0.25, -0.2) is 0 Å². The van der Waals surface area contributed by atoms with Crippen molar-refractivity contribution in [2.45, 2.75) is 4.58 Å². The molecule has 0 aliphatic carbocycles. The van der Waals surface area contributed by atoms with Gasteiger partial charge in [0, 0.05) is 23.3 Å². The van der Waals surface area contributed by atoms with Crippen LogP contribution in [0.1, 0.15) is 10.1 Å². The van der Waals surface area contributed by atoms with Crippen LogP contribution in [0.4, 0.5) is 5.69 Å². The first-order valence-electron chi connectivity index (χ1n) is 8.70. The number of benzene rings is 2. The van der Waals surface area contributed by atoms with Gasteiger partial charge in [0.05, 0.1) is 25.9 Å². The Labute approximate surface area is 173 Å². The largest absolute Gasteiger partial charge is 0.493 e. The van der Waals surface area contributed by atoms with Gasteiger partial charge in [-0.1, -0.05) is 6.07 Å². The minimum absolute atomic E-state index is 0.128. The fraction of sp³-hybridized carbons (Fsp3) is 0.350. The first-order valence-corrected chi connectivity index (χ1v) is 10.8. The van der Waals surface area contributed by atoms with Gasteiger partial charge in [-0.3, -0.25) is 4.79 Å². The maximum atomic E-state index is 12.3. The molecule has 1 N–H and O–H groups in total. The summed E-state index contributed by atoms with van der Waals surface area (Å²) >= 11 is 3.86. The number of carbonyl (C=O) groups is 1. The summed E-state index contributed by atoms with van der Waals surface area (Å²) in [6.07, 6.45) is 0. The Morgan fingerprint density at radius 3 is 2.25 bits per heavy atom. The molecule has 28 heavy (non-hydrogen) atoms. The molecule has 150 valence electrons. The van der Waals surface area contributed by atoms with Crippen molar-refractivity contribution < 1.29 is 23.7 Å². The molecular formula is C20H23NO5S2. The maximum Gasteiger partial charge on any atom is 0.262 e. The summed E-state index contributed by atoms with van der Waals surface area (Å²) in [5.41, 5.74) is 1.80. The summed E-state index contributed by atoms with van der Waals surface area (Å²) in [6.45, 7) is -0.128. The molecule has 0 spiro atoms. The predicted molar refractivity (Wildman–Crippen MR) is 114 cm³/mol. The van der Waals surface area contributed by atoms with Crippen LogP contribution >= 0.6 is 23.5 Å². The highest BCUT2D eigenvalue weighted by molar-refractivity contribution is 8.19. The average molecular weight is 422 g/mol. The van der Waals surface area contributed by atoms with Gasteiger partial charge in [-0.2, -0.15) is 0 Å². The third kappa shape index (κ3) is 4.99. The van der Waals surface area contributed by atoms with Gasteiger partial charge in [0.25, 0.3) is 5.91 Å². The molecule has 8 heteroatoms. The van der Waals surface area contributed by atoms with E-state index in [1.54, 1.807) is 39.5 Å². The molecular weight excluding hydrogens is 398 g/mol. The van der Waals surface area contributed by atoms with Crippen LogP contribution in [0.2, 0.25) is 0 Å². The monoisotopic (exact) mass is 421 g/mol. The minimum atomic E-state index is -0.278. The van der Waals surface area contributed by atoms with Crippen molar-refractivity contribution in [1.82, 2.24) is 0 Å². The Kier molecular flexibility index (Phi) is 7.22. The van der Waals surface area contributed by atoms with Crippen LogP contribution in [0, 0.1) is 0 Å². The number of nitrogens with one attached hydrogen (secondary N) is 1. The van der Waals surface area contributed by atoms with Crippen LogP contribution in [0.25, 0.3) is 0 Å². The summed E-state index contributed by atoms with van der Waals surface area (Å²) in [7, 11) is 4.71. The van der Waals surface area contributed by atoms with E-state index in [2.05, 4.69) is 5.32 Å². The zero-order valence-corrected chi connectivity index (χ0v) is 17.7. The number of thioether (sulfide) groups is 2. The number of rotatable bonds is 8. The highest BCUT2D eigenvalue weighted by Gasteiger charge is 2.20. The molecule has 2 aromatic rings. The lowest BCUT2D eigenvalue weighted by atomic mass is 10.2. The standard InChI is InChI=1S/C20H23NO5S2/c1-23-15-7-5-14(11-18(15)25-3)21-19(22)12-26-16-6-4-13(10-17(16)24-2)20-27-8-9-28-20/h4-7,10-11,20H,8-9,12H2,1-3H3,(H,21,22). The van der Waals surface area contributed by atoms with Crippen LogP contribution in [-0.4, -0.2) is 45.3 Å². The molecule has 1 fully saturated rings. The zero-order chi connectivity index (χ0) is 19.9. The van der Waals surface area contributed by atoms with Gasteiger partial charge in [0.2, 0.25) is 0 Å². The quantitative estimate of drug-likeness (QED) is 0.685. The minimum Gasteiger partial charge on any atom is -0.493 e. The highest BCUT2D eigenvalue weighted by atomic mass is 32.2. The molecule has 0 aromatic heterocycles. The zero-order valence-electron chi connectivity index (χ0n) is 16.0. The topological polar surface area (TPSA) is 66.0 Å². The van der Waals surface area contributed by atoms with Gasteiger partial charge >= 0.3 is 0 Å². The molecule has 0 bridgehead atoms. The van der Waals surface area contributed by atoms with Crippen LogP contribution < -0.4 is 24.3 Å². The lowest BCUT2D eigenvalue weighted by molar-refractivity contribution is -0.118. The van der Waals surface area contributed by atoms with E-state index in [0.717, 1.165) is 11.5 Å². The molecule has 1 aliphatic rings. The normalized spacial score (nSPS) is 13.8. The second kappa shape index (κ2) is 9.84. The van der Waals surface area contributed by atoms with E-state index in [4.69, 9.17) is 18.9 Å². The third-order valence-corrected chi connectivity index (χ3v) is 7.21. The third-order valence-electron chi connectivity index (χ3n) is 4.11. The molecule has 3 rings (SSSR count). The smallest absolute Gasteiger partial charge is 0.262 e. The highest BCUT2D eigenvalue weighted by Crippen LogP contribution is 2.46. The van der Waals surface area contributed by atoms with Crippen LogP contribution in [-0.2, 0) is 4.79 Å². The SMILES string of the molecule is COc1ccc(NC(=O)COc2ccc(C3SCCS3)cc2OC)cc1OC. The number of anilines is 1. The van der Waals surface area contributed by atoms with E-state index in [1.807, 2.05) is 41.7 Å². The lowest BCUT2D eigenvalue weighted by Crippen LogP contribution is -2.20. The number of hydrogen-bond acceptors (Lipinski definition) is 7. The summed E-state index contributed by atoms with van der Waals surface area (Å²) in [5, 5.41) is 2.78. The van der Waals surface area contributed by atoms with E-state index in [0.29, 0.717) is 33.3 Å². The predicted octanol–water partition coefficient (Wildman–Crippen LogP) is 4.21. The summed E-state index contributed by atoms with van der Waals surface area (Å²) in [6, 6.07) is 11.0. The number of carbonyl (C=O) groups excluding carboxylic acids is 1. The first-order chi connectivity index (χ1) is 13.6. The lowest BCUT2D eigenvalue weighted by Gasteiger charge is -2.15. The summed E-state index contributed by atoms with van der Waals surface area (Å²) in [5.74, 6) is 4.35. The Morgan fingerprint density at radius 1 is 0.929 bits per heavy atom. The Morgan fingerprint density at radius 2 is 1.57 bits per heavy atom. The summed E-state index contributed by atoms with van der Waals surface area (Å²) < 4.78 is 22.0. The van der Waals surface area contributed by atoms with E-state index >= 15 is 0 Å². The number of hydrogen-bond donors (Lipinski definition) is 1. The molecule has 1 heterocycles. The number of amides is 1. The second-order valence-electron chi connectivity index (χ2n) is 5.89. The summed E-state index contributed by atoms with van der Waals surface area (Å²) in [4.78, 5) is 12.3. The Balaban J connectivity index is 1.61. The fourth-order valence-corrected chi connectivity index (χ4v) is 5.59. The molecule has 6 nitrogen and oxygen atoms in total. The average Bonchev–Trinajstić information content (AvgIpc) is 3.27. The molecule has 0 unspecified atom stereocenters. The van der Waals surface area contributed by atoms with Gasteiger partial charge in [0.15, 0.2) is 29.6 Å². The van der Waals surface area contributed by atoms with Crippen molar-refractivity contribution in [2.75, 3.05) is 44.8 Å². The van der Waals surface area contributed by atoms with E-state index < -0.39 is 0 Å². The number of methoxy groups -OCH3 is 3. The Hall–Kier alpha value is -2.19. The van der Waals surface area contributed by atoms with Gasteiger partial charge in [-0.05, 0) is 29.8 Å². The molecule has 0 radical (unpaired) electrons. The fourth-order valence-electron chi connectivity index (χ4n) is 2.76. The van der Waals surface area contributed by atoms with Crippen molar-refractivity contribution in [3.63, 3.8) is 0 Å². The second-order valence-corrected chi connectivity index (χ2v) is 8.61. The molecule has 2 aromatic carbocycles. The number of ether oxygens (including phenoxy) is 4. The van der Waals surface area contributed by atoms with E-state index in [1.165, 1.54) is 5.56 Å².